The van der Waals surface area contributed by atoms with Crippen LogP contribution in [-0.4, -0.2) is 29.7 Å². The number of hydrogen-bond acceptors (Lipinski definition) is 4. The zero-order chi connectivity index (χ0) is 12.7. The van der Waals surface area contributed by atoms with Crippen LogP contribution in [0, 0.1) is 6.92 Å². The van der Waals surface area contributed by atoms with Crippen molar-refractivity contribution in [3.8, 4) is 0 Å². The number of hydrogen-bond donors (Lipinski definition) is 1. The third-order valence-corrected chi connectivity index (χ3v) is 2.15. The van der Waals surface area contributed by atoms with Gasteiger partial charge in [-0.3, -0.25) is 0 Å². The molecule has 0 saturated heterocycles. The van der Waals surface area contributed by atoms with Crippen molar-refractivity contribution in [2.45, 2.75) is 27.2 Å². The Balaban J connectivity index is 2.36. The fourth-order valence-electron chi connectivity index (χ4n) is 1.40. The minimum atomic E-state index is 0.616. The molecule has 1 aromatic heterocycles. The molecule has 1 N–H and O–H groups in total. The van der Waals surface area contributed by atoms with Crippen LogP contribution < -0.4 is 5.32 Å². The lowest BCUT2D eigenvalue weighted by atomic mass is 10.3. The van der Waals surface area contributed by atoms with Gasteiger partial charge in [0.05, 0.1) is 13.2 Å². The third-order valence-electron chi connectivity index (χ3n) is 2.15. The van der Waals surface area contributed by atoms with Crippen LogP contribution in [0.1, 0.15) is 25.4 Å². The van der Waals surface area contributed by atoms with Gasteiger partial charge < -0.3 is 10.1 Å². The summed E-state index contributed by atoms with van der Waals surface area (Å²) >= 11 is 0. The lowest BCUT2D eigenvalue weighted by Gasteiger charge is -2.08. The number of aryl methyl sites for hydroxylation is 2. The van der Waals surface area contributed by atoms with Gasteiger partial charge in [0.2, 0.25) is 0 Å². The van der Waals surface area contributed by atoms with Crippen LogP contribution in [0.25, 0.3) is 0 Å². The Morgan fingerprint density at radius 2 is 2.24 bits per heavy atom. The topological polar surface area (TPSA) is 47.0 Å². The summed E-state index contributed by atoms with van der Waals surface area (Å²) < 4.78 is 5.40. The first-order chi connectivity index (χ1) is 8.11. The number of nitrogens with zero attached hydrogens (tertiary/aromatic N) is 2. The highest BCUT2D eigenvalue weighted by molar-refractivity contribution is 5.35. The Kier molecular flexibility index (Phi) is 5.63. The van der Waals surface area contributed by atoms with Crippen molar-refractivity contribution in [2.24, 2.45) is 0 Å². The Hall–Kier alpha value is -1.42. The predicted molar refractivity (Wildman–Crippen MR) is 70.3 cm³/mol. The molecule has 0 aromatic carbocycles. The summed E-state index contributed by atoms with van der Waals surface area (Å²) in [5.41, 5.74) is 2.10. The number of anilines is 1. The largest absolute Gasteiger partial charge is 0.375 e. The Bertz CT molecular complexity index is 377. The molecule has 0 amide bonds. The number of ether oxygens (including phenoxy) is 1. The van der Waals surface area contributed by atoms with Crippen molar-refractivity contribution >= 4 is 5.82 Å². The van der Waals surface area contributed by atoms with E-state index in [1.54, 1.807) is 0 Å². The van der Waals surface area contributed by atoms with Crippen molar-refractivity contribution < 1.29 is 4.74 Å². The van der Waals surface area contributed by atoms with E-state index in [9.17, 15) is 0 Å². The highest BCUT2D eigenvalue weighted by atomic mass is 16.5. The Labute approximate surface area is 103 Å². The molecule has 0 saturated carbocycles. The summed E-state index contributed by atoms with van der Waals surface area (Å²) in [4.78, 5) is 8.65. The van der Waals surface area contributed by atoms with E-state index >= 15 is 0 Å². The molecule has 0 aliphatic heterocycles. The predicted octanol–water partition coefficient (Wildman–Crippen LogP) is 2.35. The standard InChI is InChI=1S/C13H21N3O/c1-5-12-8-13(16-11(4)15-12)14-6-7-17-9-10(2)3/h8H,2,5-7,9H2,1,3-4H3,(H,14,15,16). The van der Waals surface area contributed by atoms with Crippen LogP contribution in [-0.2, 0) is 11.2 Å². The van der Waals surface area contributed by atoms with Crippen LogP contribution in [0.3, 0.4) is 0 Å². The second-order valence-electron chi connectivity index (χ2n) is 4.08. The lowest BCUT2D eigenvalue weighted by Crippen LogP contribution is -2.12. The average Bonchev–Trinajstić information content (AvgIpc) is 2.27. The molecule has 4 nitrogen and oxygen atoms in total. The van der Waals surface area contributed by atoms with Gasteiger partial charge in [-0.05, 0) is 20.3 Å². The molecule has 0 fully saturated rings. The summed E-state index contributed by atoms with van der Waals surface area (Å²) in [7, 11) is 0. The molecule has 0 bridgehead atoms. The smallest absolute Gasteiger partial charge is 0.130 e. The van der Waals surface area contributed by atoms with Crippen molar-refractivity contribution in [3.05, 3.63) is 29.7 Å². The van der Waals surface area contributed by atoms with Gasteiger partial charge in [0.1, 0.15) is 11.6 Å². The molecule has 1 rings (SSSR count). The SMILES string of the molecule is C=C(C)COCCNc1cc(CC)nc(C)n1. The summed E-state index contributed by atoms with van der Waals surface area (Å²) in [6.07, 6.45) is 0.921. The molecule has 94 valence electrons. The average molecular weight is 235 g/mol. The number of aromatic nitrogens is 2. The summed E-state index contributed by atoms with van der Waals surface area (Å²) in [6.45, 7) is 11.7. The molecular weight excluding hydrogens is 214 g/mol. The van der Waals surface area contributed by atoms with Gasteiger partial charge in [0, 0.05) is 18.3 Å². The fraction of sp³-hybridized carbons (Fsp3) is 0.538. The minimum Gasteiger partial charge on any atom is -0.375 e. The molecule has 17 heavy (non-hydrogen) atoms. The molecule has 0 atom stereocenters. The van der Waals surface area contributed by atoms with Crippen LogP contribution >= 0.6 is 0 Å². The van der Waals surface area contributed by atoms with E-state index in [2.05, 4.69) is 28.8 Å². The van der Waals surface area contributed by atoms with Crippen LogP contribution in [0.5, 0.6) is 0 Å². The highest BCUT2D eigenvalue weighted by Gasteiger charge is 1.99. The van der Waals surface area contributed by atoms with Gasteiger partial charge in [-0.1, -0.05) is 19.1 Å². The highest BCUT2D eigenvalue weighted by Crippen LogP contribution is 2.06. The molecule has 1 aromatic rings. The maximum absolute atomic E-state index is 5.40. The minimum absolute atomic E-state index is 0.616. The van der Waals surface area contributed by atoms with Gasteiger partial charge in [0.15, 0.2) is 0 Å². The van der Waals surface area contributed by atoms with Crippen LogP contribution in [0.2, 0.25) is 0 Å². The molecular formula is C13H21N3O. The summed E-state index contributed by atoms with van der Waals surface area (Å²) in [5.74, 6) is 1.67. The van der Waals surface area contributed by atoms with Crippen LogP contribution in [0.4, 0.5) is 5.82 Å². The summed E-state index contributed by atoms with van der Waals surface area (Å²) in [5, 5.41) is 3.23. The van der Waals surface area contributed by atoms with Gasteiger partial charge >= 0.3 is 0 Å². The first-order valence-electron chi connectivity index (χ1n) is 5.92. The second-order valence-corrected chi connectivity index (χ2v) is 4.08. The normalized spacial score (nSPS) is 10.3. The quantitative estimate of drug-likeness (QED) is 0.582. The summed E-state index contributed by atoms with van der Waals surface area (Å²) in [6, 6.07) is 1.98. The third kappa shape index (κ3) is 5.45. The molecule has 0 aliphatic carbocycles. The van der Waals surface area contributed by atoms with Gasteiger partial charge in [-0.2, -0.15) is 0 Å². The first-order valence-corrected chi connectivity index (χ1v) is 5.92. The van der Waals surface area contributed by atoms with Crippen molar-refractivity contribution in [3.63, 3.8) is 0 Å². The van der Waals surface area contributed by atoms with E-state index < -0.39 is 0 Å². The maximum Gasteiger partial charge on any atom is 0.130 e. The van der Waals surface area contributed by atoms with E-state index in [1.165, 1.54) is 0 Å². The molecule has 0 spiro atoms. The van der Waals surface area contributed by atoms with Gasteiger partial charge in [-0.15, -0.1) is 0 Å². The zero-order valence-electron chi connectivity index (χ0n) is 10.9. The molecule has 1 heterocycles. The molecule has 0 aliphatic rings. The van der Waals surface area contributed by atoms with E-state index in [0.29, 0.717) is 13.2 Å². The maximum atomic E-state index is 5.40. The number of nitrogens with one attached hydrogen (secondary N) is 1. The monoisotopic (exact) mass is 235 g/mol. The molecule has 4 heteroatoms. The first kappa shape index (κ1) is 13.6. The van der Waals surface area contributed by atoms with E-state index in [-0.39, 0.29) is 0 Å². The molecule has 0 radical (unpaired) electrons. The van der Waals surface area contributed by atoms with Crippen molar-refractivity contribution in [1.29, 1.82) is 0 Å². The van der Waals surface area contributed by atoms with E-state index in [0.717, 1.165) is 35.9 Å². The number of rotatable bonds is 7. The molecule has 0 unspecified atom stereocenters. The van der Waals surface area contributed by atoms with Crippen molar-refractivity contribution in [2.75, 3.05) is 25.1 Å². The van der Waals surface area contributed by atoms with Gasteiger partial charge in [0.25, 0.3) is 0 Å². The second kappa shape index (κ2) is 7.01. The lowest BCUT2D eigenvalue weighted by molar-refractivity contribution is 0.167. The Morgan fingerprint density at radius 3 is 2.88 bits per heavy atom. The Morgan fingerprint density at radius 1 is 1.47 bits per heavy atom. The van der Waals surface area contributed by atoms with E-state index in [1.807, 2.05) is 19.9 Å². The zero-order valence-corrected chi connectivity index (χ0v) is 10.9. The van der Waals surface area contributed by atoms with E-state index in [4.69, 9.17) is 4.74 Å². The fourth-order valence-corrected chi connectivity index (χ4v) is 1.40. The van der Waals surface area contributed by atoms with Crippen LogP contribution in [0.15, 0.2) is 18.2 Å². The van der Waals surface area contributed by atoms with Crippen molar-refractivity contribution in [1.82, 2.24) is 9.97 Å². The van der Waals surface area contributed by atoms with Gasteiger partial charge in [-0.25, -0.2) is 9.97 Å².